The zero-order chi connectivity index (χ0) is 24.5. The molecule has 1 amide bonds. The van der Waals surface area contributed by atoms with Crippen molar-refractivity contribution in [3.8, 4) is 11.5 Å². The Kier molecular flexibility index (Phi) is 5.99. The number of hydrogen-bond acceptors (Lipinski definition) is 6. The Balaban J connectivity index is 1.63. The number of aliphatic hydroxyl groups excluding tert-OH is 1. The molecule has 178 valence electrons. The quantitative estimate of drug-likeness (QED) is 0.326. The fourth-order valence-electron chi connectivity index (χ4n) is 4.74. The van der Waals surface area contributed by atoms with Gasteiger partial charge in [0.15, 0.2) is 0 Å². The predicted octanol–water partition coefficient (Wildman–Crippen LogP) is 4.43. The molecule has 0 saturated carbocycles. The number of likely N-dealkylation sites (tertiary alicyclic amines) is 1. The molecule has 2 aliphatic heterocycles. The van der Waals surface area contributed by atoms with Crippen molar-refractivity contribution in [2.75, 3.05) is 6.61 Å². The molecule has 1 N–H and O–H groups in total. The maximum Gasteiger partial charge on any atom is 0.295 e. The Morgan fingerprint density at radius 2 is 1.94 bits per heavy atom. The number of amides is 1. The lowest BCUT2D eigenvalue weighted by Crippen LogP contribution is -2.29. The van der Waals surface area contributed by atoms with Crippen LogP contribution in [0.25, 0.3) is 5.76 Å². The highest BCUT2D eigenvalue weighted by atomic mass is 16.5. The molecule has 0 spiro atoms. The van der Waals surface area contributed by atoms with Crippen molar-refractivity contribution in [3.05, 3.63) is 94.8 Å². The lowest BCUT2D eigenvalue weighted by atomic mass is 9.94. The minimum atomic E-state index is -0.771. The van der Waals surface area contributed by atoms with Crippen LogP contribution in [0, 0.1) is 0 Å². The Bertz CT molecular complexity index is 1320. The average molecular weight is 471 g/mol. The van der Waals surface area contributed by atoms with Crippen molar-refractivity contribution in [1.29, 1.82) is 0 Å². The summed E-state index contributed by atoms with van der Waals surface area (Å²) in [6.45, 7) is 4.55. The van der Waals surface area contributed by atoms with Gasteiger partial charge in [0.25, 0.3) is 11.7 Å². The van der Waals surface area contributed by atoms with Crippen LogP contribution in [0.2, 0.25) is 0 Å². The van der Waals surface area contributed by atoms with E-state index in [-0.39, 0.29) is 24.0 Å². The van der Waals surface area contributed by atoms with Crippen LogP contribution in [0.1, 0.15) is 42.1 Å². The van der Waals surface area contributed by atoms with Crippen LogP contribution in [0.5, 0.6) is 11.5 Å². The summed E-state index contributed by atoms with van der Waals surface area (Å²) >= 11 is 0. The maximum atomic E-state index is 13.3. The molecule has 7 heteroatoms. The molecule has 7 nitrogen and oxygen atoms in total. The summed E-state index contributed by atoms with van der Waals surface area (Å²) in [7, 11) is 0. The van der Waals surface area contributed by atoms with Crippen molar-refractivity contribution in [1.82, 2.24) is 9.88 Å². The van der Waals surface area contributed by atoms with Gasteiger partial charge in [-0.1, -0.05) is 12.1 Å². The van der Waals surface area contributed by atoms with Gasteiger partial charge in [-0.15, -0.1) is 0 Å². The lowest BCUT2D eigenvalue weighted by Gasteiger charge is -2.25. The summed E-state index contributed by atoms with van der Waals surface area (Å²) in [6.07, 6.45) is 4.05. The molecule has 0 bridgehead atoms. The molecular weight excluding hydrogens is 444 g/mol. The first-order valence-electron chi connectivity index (χ1n) is 11.7. The number of fused-ring (bicyclic) bond motifs is 1. The summed E-state index contributed by atoms with van der Waals surface area (Å²) < 4.78 is 11.4. The van der Waals surface area contributed by atoms with Crippen LogP contribution < -0.4 is 9.47 Å². The Labute approximate surface area is 203 Å². The number of pyridine rings is 1. The zero-order valence-electron chi connectivity index (χ0n) is 19.6. The normalized spacial score (nSPS) is 20.6. The van der Waals surface area contributed by atoms with E-state index in [1.165, 1.54) is 4.90 Å². The molecular formula is C28H26N2O5. The number of benzene rings is 2. The number of ether oxygens (including phenoxy) is 2. The molecule has 2 aromatic carbocycles. The SMILES string of the molecule is CCOc1cccc([C@@H]2C(=C(O)c3ccc4c(c3)C[C@@H](C)O4)C(=O)C(=O)N2Cc2ccncc2)c1. The highest BCUT2D eigenvalue weighted by Gasteiger charge is 2.46. The van der Waals surface area contributed by atoms with Crippen molar-refractivity contribution in [3.63, 3.8) is 0 Å². The van der Waals surface area contributed by atoms with E-state index >= 15 is 0 Å². The Morgan fingerprint density at radius 1 is 1.14 bits per heavy atom. The lowest BCUT2D eigenvalue weighted by molar-refractivity contribution is -0.140. The largest absolute Gasteiger partial charge is 0.507 e. The first-order valence-corrected chi connectivity index (χ1v) is 11.7. The van der Waals surface area contributed by atoms with Gasteiger partial charge in [-0.25, -0.2) is 0 Å². The Morgan fingerprint density at radius 3 is 2.71 bits per heavy atom. The number of carbonyl (C=O) groups is 2. The third-order valence-electron chi connectivity index (χ3n) is 6.30. The summed E-state index contributed by atoms with van der Waals surface area (Å²) in [5.74, 6) is -0.173. The maximum absolute atomic E-state index is 13.3. The fraction of sp³-hybridized carbons (Fsp3) is 0.250. The molecule has 3 aromatic rings. The van der Waals surface area contributed by atoms with Crippen LogP contribution in [0.3, 0.4) is 0 Å². The van der Waals surface area contributed by atoms with Crippen LogP contribution >= 0.6 is 0 Å². The number of aliphatic hydroxyl groups is 1. The second-order valence-corrected chi connectivity index (χ2v) is 8.74. The molecule has 0 radical (unpaired) electrons. The number of Topliss-reactive ketones (excluding diaryl/α,β-unsaturated/α-hetero) is 1. The second kappa shape index (κ2) is 9.25. The van der Waals surface area contributed by atoms with Crippen molar-refractivity contribution in [2.24, 2.45) is 0 Å². The molecule has 1 saturated heterocycles. The number of nitrogens with zero attached hydrogens (tertiary/aromatic N) is 2. The smallest absolute Gasteiger partial charge is 0.295 e. The highest BCUT2D eigenvalue weighted by molar-refractivity contribution is 6.46. The van der Waals surface area contributed by atoms with E-state index in [4.69, 9.17) is 9.47 Å². The predicted molar refractivity (Wildman–Crippen MR) is 130 cm³/mol. The van der Waals surface area contributed by atoms with Crippen molar-refractivity contribution < 1.29 is 24.2 Å². The molecule has 0 unspecified atom stereocenters. The monoisotopic (exact) mass is 470 g/mol. The van der Waals surface area contributed by atoms with E-state index in [2.05, 4.69) is 4.98 Å². The van der Waals surface area contributed by atoms with Crippen LogP contribution in [0.4, 0.5) is 0 Å². The summed E-state index contributed by atoms with van der Waals surface area (Å²) in [5.41, 5.74) is 3.02. The Hall–Kier alpha value is -4.13. The average Bonchev–Trinajstić information content (AvgIpc) is 3.35. The minimum Gasteiger partial charge on any atom is -0.507 e. The van der Waals surface area contributed by atoms with Gasteiger partial charge < -0.3 is 19.5 Å². The standard InChI is InChI=1S/C28H26N2O5/c1-3-34-22-6-4-5-19(15-22)25-24(26(31)20-7-8-23-21(14-20)13-17(2)35-23)27(32)28(33)30(25)16-18-9-11-29-12-10-18/h4-12,14-15,17,25,31H,3,13,16H2,1-2H3/t17-,25-/m1/s1. The molecule has 1 aromatic heterocycles. The van der Waals surface area contributed by atoms with Gasteiger partial charge in [-0.3, -0.25) is 14.6 Å². The van der Waals surface area contributed by atoms with E-state index in [1.54, 1.807) is 36.7 Å². The fourth-order valence-corrected chi connectivity index (χ4v) is 4.74. The number of rotatable bonds is 6. The van der Waals surface area contributed by atoms with E-state index < -0.39 is 17.7 Å². The highest BCUT2D eigenvalue weighted by Crippen LogP contribution is 2.42. The third kappa shape index (κ3) is 4.25. The zero-order valence-corrected chi connectivity index (χ0v) is 19.6. The first-order chi connectivity index (χ1) is 17.0. The molecule has 0 aliphatic carbocycles. The molecule has 1 fully saturated rings. The van der Waals surface area contributed by atoms with Crippen LogP contribution in [-0.2, 0) is 22.6 Å². The molecule has 35 heavy (non-hydrogen) atoms. The molecule has 3 heterocycles. The number of hydrogen-bond donors (Lipinski definition) is 1. The summed E-state index contributed by atoms with van der Waals surface area (Å²) in [6, 6.07) is 15.5. The number of aromatic nitrogens is 1. The summed E-state index contributed by atoms with van der Waals surface area (Å²) in [4.78, 5) is 32.1. The van der Waals surface area contributed by atoms with Gasteiger partial charge >= 0.3 is 0 Å². The van der Waals surface area contributed by atoms with Gasteiger partial charge in [0, 0.05) is 30.9 Å². The molecule has 2 aliphatic rings. The van der Waals surface area contributed by atoms with Crippen LogP contribution in [-0.4, -0.2) is 39.4 Å². The van der Waals surface area contributed by atoms with Crippen molar-refractivity contribution in [2.45, 2.75) is 39.0 Å². The first kappa shape index (κ1) is 22.7. The van der Waals surface area contributed by atoms with Gasteiger partial charge in [0.2, 0.25) is 0 Å². The number of ketones is 1. The van der Waals surface area contributed by atoms with Crippen LogP contribution in [0.15, 0.2) is 72.6 Å². The topological polar surface area (TPSA) is 89.0 Å². The van der Waals surface area contributed by atoms with E-state index in [9.17, 15) is 14.7 Å². The minimum absolute atomic E-state index is 0.0506. The van der Waals surface area contributed by atoms with E-state index in [0.717, 1.165) is 16.9 Å². The van der Waals surface area contributed by atoms with Gasteiger partial charge in [-0.2, -0.15) is 0 Å². The second-order valence-electron chi connectivity index (χ2n) is 8.74. The number of carbonyl (C=O) groups excluding carboxylic acids is 2. The van der Waals surface area contributed by atoms with Gasteiger partial charge in [0.1, 0.15) is 23.4 Å². The summed E-state index contributed by atoms with van der Waals surface area (Å²) in [5, 5.41) is 11.4. The third-order valence-corrected chi connectivity index (χ3v) is 6.30. The van der Waals surface area contributed by atoms with Crippen molar-refractivity contribution >= 4 is 17.4 Å². The van der Waals surface area contributed by atoms with E-state index in [0.29, 0.717) is 29.9 Å². The van der Waals surface area contributed by atoms with Gasteiger partial charge in [0.05, 0.1) is 18.2 Å². The molecule has 2 atom stereocenters. The molecule has 5 rings (SSSR count). The van der Waals surface area contributed by atoms with Gasteiger partial charge in [-0.05, 0) is 73.0 Å². The van der Waals surface area contributed by atoms with E-state index in [1.807, 2.05) is 44.2 Å².